The fourth-order valence-electron chi connectivity index (χ4n) is 2.33. The molecule has 3 N–H and O–H groups in total. The van der Waals surface area contributed by atoms with E-state index in [-0.39, 0.29) is 0 Å². The maximum atomic E-state index is 3.53. The summed E-state index contributed by atoms with van der Waals surface area (Å²) in [7, 11) is 2.00. The van der Waals surface area contributed by atoms with E-state index in [1.165, 1.54) is 35.0 Å². The largest absolute Gasteiger partial charge is 0.358 e. The molecule has 0 amide bonds. The van der Waals surface area contributed by atoms with Crippen LogP contribution in [-0.2, 0) is 6.54 Å². The Kier molecular flexibility index (Phi) is 4.79. The maximum Gasteiger partial charge on any atom is 0.0459 e. The average molecular weight is 245 g/mol. The topological polar surface area (TPSA) is 39.8 Å². The lowest BCUT2D eigenvalue weighted by molar-refractivity contribution is 0.606. The van der Waals surface area contributed by atoms with E-state index in [0.29, 0.717) is 0 Å². The van der Waals surface area contributed by atoms with Crippen LogP contribution in [-0.4, -0.2) is 25.1 Å². The second-order valence-electron chi connectivity index (χ2n) is 4.76. The lowest BCUT2D eigenvalue weighted by Gasteiger charge is -2.05. The van der Waals surface area contributed by atoms with Crippen molar-refractivity contribution in [3.63, 3.8) is 0 Å². The SMILES string of the molecule is CNCCCCNCc1c(C)[nH]c2ccccc12. The average Bonchev–Trinajstić information content (AvgIpc) is 2.70. The first-order valence-corrected chi connectivity index (χ1v) is 6.74. The Morgan fingerprint density at radius 3 is 2.72 bits per heavy atom. The molecule has 0 unspecified atom stereocenters. The van der Waals surface area contributed by atoms with E-state index >= 15 is 0 Å². The van der Waals surface area contributed by atoms with Crippen molar-refractivity contribution in [3.05, 3.63) is 35.5 Å². The number of aromatic amines is 1. The summed E-state index contributed by atoms with van der Waals surface area (Å²) in [4.78, 5) is 3.44. The van der Waals surface area contributed by atoms with Crippen LogP contribution in [0.25, 0.3) is 10.9 Å². The van der Waals surface area contributed by atoms with Crippen molar-refractivity contribution in [3.8, 4) is 0 Å². The summed E-state index contributed by atoms with van der Waals surface area (Å²) in [5, 5.41) is 8.05. The fraction of sp³-hybridized carbons (Fsp3) is 0.467. The molecule has 0 saturated carbocycles. The predicted octanol–water partition coefficient (Wildman–Crippen LogP) is 2.57. The van der Waals surface area contributed by atoms with Gasteiger partial charge in [0.05, 0.1) is 0 Å². The van der Waals surface area contributed by atoms with E-state index in [1.54, 1.807) is 0 Å². The third-order valence-electron chi connectivity index (χ3n) is 3.36. The highest BCUT2D eigenvalue weighted by molar-refractivity contribution is 5.84. The minimum atomic E-state index is 0.954. The van der Waals surface area contributed by atoms with Gasteiger partial charge in [-0.15, -0.1) is 0 Å². The Labute approximate surface area is 109 Å². The Morgan fingerprint density at radius 2 is 1.89 bits per heavy atom. The number of hydrogen-bond donors (Lipinski definition) is 3. The number of H-pyrrole nitrogens is 1. The number of hydrogen-bond acceptors (Lipinski definition) is 2. The van der Waals surface area contributed by atoms with Crippen molar-refractivity contribution in [2.24, 2.45) is 0 Å². The molecular weight excluding hydrogens is 222 g/mol. The molecule has 0 atom stereocenters. The summed E-state index contributed by atoms with van der Waals surface area (Å²) in [6.45, 7) is 5.29. The Morgan fingerprint density at radius 1 is 1.11 bits per heavy atom. The quantitative estimate of drug-likeness (QED) is 0.656. The summed E-state index contributed by atoms with van der Waals surface area (Å²) in [5.74, 6) is 0. The smallest absolute Gasteiger partial charge is 0.0459 e. The lowest BCUT2D eigenvalue weighted by atomic mass is 10.1. The van der Waals surface area contributed by atoms with Crippen LogP contribution >= 0.6 is 0 Å². The first-order chi connectivity index (χ1) is 8.83. The highest BCUT2D eigenvalue weighted by Crippen LogP contribution is 2.21. The molecule has 2 aromatic rings. The van der Waals surface area contributed by atoms with Gasteiger partial charge in [-0.3, -0.25) is 0 Å². The normalized spacial score (nSPS) is 11.2. The van der Waals surface area contributed by atoms with Gasteiger partial charge in [-0.2, -0.15) is 0 Å². The van der Waals surface area contributed by atoms with Gasteiger partial charge < -0.3 is 15.6 Å². The van der Waals surface area contributed by atoms with Crippen LogP contribution < -0.4 is 10.6 Å². The molecule has 0 aliphatic rings. The van der Waals surface area contributed by atoms with E-state index < -0.39 is 0 Å². The summed E-state index contributed by atoms with van der Waals surface area (Å²) >= 11 is 0. The van der Waals surface area contributed by atoms with Crippen LogP contribution in [0, 0.1) is 6.92 Å². The van der Waals surface area contributed by atoms with Gasteiger partial charge in [0.25, 0.3) is 0 Å². The highest BCUT2D eigenvalue weighted by atomic mass is 14.9. The molecule has 0 spiro atoms. The van der Waals surface area contributed by atoms with Gasteiger partial charge in [0, 0.05) is 23.1 Å². The Balaban J connectivity index is 1.89. The molecule has 2 rings (SSSR count). The predicted molar refractivity (Wildman–Crippen MR) is 77.9 cm³/mol. The number of aryl methyl sites for hydroxylation is 1. The molecule has 18 heavy (non-hydrogen) atoms. The molecule has 0 saturated heterocycles. The summed E-state index contributed by atoms with van der Waals surface area (Å²) < 4.78 is 0. The molecule has 3 nitrogen and oxygen atoms in total. The molecule has 0 bridgehead atoms. The zero-order valence-electron chi connectivity index (χ0n) is 11.3. The van der Waals surface area contributed by atoms with Crippen molar-refractivity contribution in [2.75, 3.05) is 20.1 Å². The molecule has 1 heterocycles. The molecule has 98 valence electrons. The second kappa shape index (κ2) is 6.57. The monoisotopic (exact) mass is 245 g/mol. The first-order valence-electron chi connectivity index (χ1n) is 6.74. The number of aromatic nitrogens is 1. The summed E-state index contributed by atoms with van der Waals surface area (Å²) in [6, 6.07) is 8.51. The van der Waals surface area contributed by atoms with Crippen molar-refractivity contribution in [2.45, 2.75) is 26.3 Å². The van der Waals surface area contributed by atoms with E-state index in [9.17, 15) is 0 Å². The first kappa shape index (κ1) is 13.1. The molecule has 1 aromatic carbocycles. The molecule has 0 radical (unpaired) electrons. The molecule has 3 heteroatoms. The van der Waals surface area contributed by atoms with Crippen molar-refractivity contribution in [1.82, 2.24) is 15.6 Å². The molecule has 0 aliphatic carbocycles. The Hall–Kier alpha value is -1.32. The van der Waals surface area contributed by atoms with Gasteiger partial charge in [-0.05, 0) is 51.5 Å². The minimum Gasteiger partial charge on any atom is -0.358 e. The summed E-state index contributed by atoms with van der Waals surface area (Å²) in [5.41, 5.74) is 3.92. The zero-order chi connectivity index (χ0) is 12.8. The highest BCUT2D eigenvalue weighted by Gasteiger charge is 2.06. The van der Waals surface area contributed by atoms with E-state index in [1.807, 2.05) is 7.05 Å². The molecule has 0 fully saturated rings. The molecular formula is C15H23N3. The molecule has 1 aromatic heterocycles. The minimum absolute atomic E-state index is 0.954. The van der Waals surface area contributed by atoms with Crippen LogP contribution in [0.1, 0.15) is 24.1 Å². The molecule has 0 aliphatic heterocycles. The number of para-hydroxylation sites is 1. The van der Waals surface area contributed by atoms with Crippen LogP contribution in [0.15, 0.2) is 24.3 Å². The number of nitrogens with one attached hydrogen (secondary N) is 3. The maximum absolute atomic E-state index is 3.53. The van der Waals surface area contributed by atoms with Crippen molar-refractivity contribution in [1.29, 1.82) is 0 Å². The van der Waals surface area contributed by atoms with E-state index in [0.717, 1.165) is 19.6 Å². The van der Waals surface area contributed by atoms with E-state index in [2.05, 4.69) is 46.8 Å². The number of rotatable bonds is 7. The number of unbranched alkanes of at least 4 members (excludes halogenated alkanes) is 1. The standard InChI is InChI=1S/C15H23N3/c1-12-14(11-17-10-6-5-9-16-2)13-7-3-4-8-15(13)18-12/h3-4,7-8,16-18H,5-6,9-11H2,1-2H3. The fourth-order valence-corrected chi connectivity index (χ4v) is 2.33. The number of fused-ring (bicyclic) bond motifs is 1. The van der Waals surface area contributed by atoms with Crippen LogP contribution in [0.3, 0.4) is 0 Å². The van der Waals surface area contributed by atoms with Crippen LogP contribution in [0.5, 0.6) is 0 Å². The van der Waals surface area contributed by atoms with E-state index in [4.69, 9.17) is 0 Å². The van der Waals surface area contributed by atoms with Gasteiger partial charge in [-0.25, -0.2) is 0 Å². The van der Waals surface area contributed by atoms with Gasteiger partial charge in [0.2, 0.25) is 0 Å². The van der Waals surface area contributed by atoms with Crippen molar-refractivity contribution < 1.29 is 0 Å². The van der Waals surface area contributed by atoms with Crippen LogP contribution in [0.4, 0.5) is 0 Å². The zero-order valence-corrected chi connectivity index (χ0v) is 11.3. The summed E-state index contributed by atoms with van der Waals surface area (Å²) in [6.07, 6.45) is 2.46. The third-order valence-corrected chi connectivity index (χ3v) is 3.36. The van der Waals surface area contributed by atoms with Gasteiger partial charge in [0.1, 0.15) is 0 Å². The lowest BCUT2D eigenvalue weighted by Crippen LogP contribution is -2.17. The van der Waals surface area contributed by atoms with Crippen molar-refractivity contribution >= 4 is 10.9 Å². The number of benzene rings is 1. The van der Waals surface area contributed by atoms with Crippen LogP contribution in [0.2, 0.25) is 0 Å². The van der Waals surface area contributed by atoms with Gasteiger partial charge in [-0.1, -0.05) is 18.2 Å². The Bertz CT molecular complexity index is 487. The third kappa shape index (κ3) is 3.12. The van der Waals surface area contributed by atoms with Gasteiger partial charge >= 0.3 is 0 Å². The second-order valence-corrected chi connectivity index (χ2v) is 4.76. The van der Waals surface area contributed by atoms with Gasteiger partial charge in [0.15, 0.2) is 0 Å².